The van der Waals surface area contributed by atoms with Gasteiger partial charge in [0.2, 0.25) is 10.0 Å². The summed E-state index contributed by atoms with van der Waals surface area (Å²) >= 11 is 0. The molecule has 0 amide bonds. The number of carbonyl (C=O) groups is 1. The summed E-state index contributed by atoms with van der Waals surface area (Å²) in [5.41, 5.74) is 1.83. The number of rotatable bonds is 6. The fourth-order valence-corrected chi connectivity index (χ4v) is 4.22. The molecule has 0 radical (unpaired) electrons. The number of hydrogen-bond donors (Lipinski definition) is 1. The number of aryl methyl sites for hydroxylation is 1. The minimum absolute atomic E-state index is 0.0221. The molecule has 1 aromatic heterocycles. The second-order valence-corrected chi connectivity index (χ2v) is 8.09. The Morgan fingerprint density at radius 2 is 2.00 bits per heavy atom. The molecule has 1 aliphatic heterocycles. The minimum atomic E-state index is -3.66. The Balaban J connectivity index is 1.69. The van der Waals surface area contributed by atoms with E-state index >= 15 is 0 Å². The van der Waals surface area contributed by atoms with Crippen LogP contribution in [0.2, 0.25) is 0 Å². The number of aromatic amines is 1. The highest BCUT2D eigenvalue weighted by molar-refractivity contribution is 7.89. The van der Waals surface area contributed by atoms with Crippen LogP contribution in [0.25, 0.3) is 0 Å². The molecule has 146 valence electrons. The van der Waals surface area contributed by atoms with Crippen molar-refractivity contribution in [2.45, 2.75) is 18.4 Å². The van der Waals surface area contributed by atoms with Gasteiger partial charge in [-0.05, 0) is 25.1 Å². The van der Waals surface area contributed by atoms with Crippen LogP contribution in [0.3, 0.4) is 0 Å². The van der Waals surface area contributed by atoms with Crippen LogP contribution in [0.15, 0.2) is 35.4 Å². The first-order valence-corrected chi connectivity index (χ1v) is 9.93. The van der Waals surface area contributed by atoms with E-state index in [1.807, 2.05) is 19.1 Å². The number of H-pyrrole nitrogens is 1. The van der Waals surface area contributed by atoms with Crippen LogP contribution >= 0.6 is 0 Å². The van der Waals surface area contributed by atoms with Crippen molar-refractivity contribution in [2.24, 2.45) is 0 Å². The van der Waals surface area contributed by atoms with E-state index in [-0.39, 0.29) is 17.2 Å². The van der Waals surface area contributed by atoms with Gasteiger partial charge in [0, 0.05) is 24.8 Å². The van der Waals surface area contributed by atoms with E-state index in [1.165, 1.54) is 16.6 Å². The summed E-state index contributed by atoms with van der Waals surface area (Å²) in [6, 6.07) is 6.87. The van der Waals surface area contributed by atoms with Crippen molar-refractivity contribution in [3.63, 3.8) is 0 Å². The molecule has 2 aromatic rings. The lowest BCUT2D eigenvalue weighted by molar-refractivity contribution is 0.0464. The first-order chi connectivity index (χ1) is 12.9. The number of esters is 1. The van der Waals surface area contributed by atoms with Crippen LogP contribution in [0.4, 0.5) is 0 Å². The lowest BCUT2D eigenvalue weighted by atomic mass is 10.1. The Kier molecular flexibility index (Phi) is 5.83. The Morgan fingerprint density at radius 3 is 2.70 bits per heavy atom. The van der Waals surface area contributed by atoms with Gasteiger partial charge in [-0.3, -0.25) is 0 Å². The molecule has 1 aliphatic rings. The zero-order chi connectivity index (χ0) is 19.4. The molecular formula is C18H22N2O6S. The molecule has 1 N–H and O–H groups in total. The number of aromatic nitrogens is 1. The van der Waals surface area contributed by atoms with Gasteiger partial charge in [-0.2, -0.15) is 4.31 Å². The molecule has 1 aromatic carbocycles. The van der Waals surface area contributed by atoms with Crippen molar-refractivity contribution in [3.8, 4) is 5.75 Å². The summed E-state index contributed by atoms with van der Waals surface area (Å²) in [5, 5.41) is 0. The Morgan fingerprint density at radius 1 is 1.26 bits per heavy atom. The maximum absolute atomic E-state index is 12.6. The second kappa shape index (κ2) is 8.12. The van der Waals surface area contributed by atoms with Crippen molar-refractivity contribution < 1.29 is 27.4 Å². The van der Waals surface area contributed by atoms with Gasteiger partial charge in [0.15, 0.2) is 0 Å². The average molecular weight is 394 g/mol. The van der Waals surface area contributed by atoms with E-state index in [9.17, 15) is 13.2 Å². The maximum Gasteiger partial charge on any atom is 0.355 e. The molecule has 9 heteroatoms. The third kappa shape index (κ3) is 4.32. The highest BCUT2D eigenvalue weighted by Gasteiger charge is 2.28. The highest BCUT2D eigenvalue weighted by atomic mass is 32.2. The number of nitrogens with zero attached hydrogens (tertiary/aromatic N) is 1. The van der Waals surface area contributed by atoms with Gasteiger partial charge in [-0.15, -0.1) is 0 Å². The lowest BCUT2D eigenvalue weighted by Crippen LogP contribution is -2.40. The van der Waals surface area contributed by atoms with Gasteiger partial charge in [0.25, 0.3) is 0 Å². The minimum Gasteiger partial charge on any atom is -0.496 e. The first-order valence-electron chi connectivity index (χ1n) is 8.49. The van der Waals surface area contributed by atoms with E-state index in [1.54, 1.807) is 13.2 Å². The molecule has 0 atom stereocenters. The van der Waals surface area contributed by atoms with Crippen LogP contribution in [-0.4, -0.2) is 57.1 Å². The van der Waals surface area contributed by atoms with E-state index in [2.05, 4.69) is 4.98 Å². The summed E-state index contributed by atoms with van der Waals surface area (Å²) in [5.74, 6) is -0.0162. The Labute approximate surface area is 158 Å². The molecule has 2 heterocycles. The third-order valence-electron chi connectivity index (χ3n) is 4.28. The molecule has 0 saturated carbocycles. The first kappa shape index (κ1) is 19.4. The Bertz CT molecular complexity index is 916. The Hall–Kier alpha value is -2.36. The van der Waals surface area contributed by atoms with Gasteiger partial charge < -0.3 is 19.2 Å². The SMILES string of the molecule is COc1ccc(C)cc1COC(=O)c1cc(S(=O)(=O)N2CCOCC2)c[nH]1. The van der Waals surface area contributed by atoms with Gasteiger partial charge >= 0.3 is 5.97 Å². The number of benzene rings is 1. The summed E-state index contributed by atoms with van der Waals surface area (Å²) in [6.45, 7) is 3.25. The normalized spacial score (nSPS) is 15.5. The van der Waals surface area contributed by atoms with Crippen molar-refractivity contribution >= 4 is 16.0 Å². The van der Waals surface area contributed by atoms with Crippen molar-refractivity contribution in [2.75, 3.05) is 33.4 Å². The van der Waals surface area contributed by atoms with Crippen molar-refractivity contribution in [1.29, 1.82) is 0 Å². The van der Waals surface area contributed by atoms with E-state index in [4.69, 9.17) is 14.2 Å². The van der Waals surface area contributed by atoms with E-state index < -0.39 is 16.0 Å². The zero-order valence-electron chi connectivity index (χ0n) is 15.2. The predicted molar refractivity (Wildman–Crippen MR) is 97.2 cm³/mol. The van der Waals surface area contributed by atoms with Crippen LogP contribution in [0, 0.1) is 6.92 Å². The number of ether oxygens (including phenoxy) is 3. The molecule has 0 spiro atoms. The summed E-state index contributed by atoms with van der Waals surface area (Å²) < 4.78 is 42.3. The molecule has 0 bridgehead atoms. The fraction of sp³-hybridized carbons (Fsp3) is 0.389. The number of morpholine rings is 1. The smallest absolute Gasteiger partial charge is 0.355 e. The van der Waals surface area contributed by atoms with Gasteiger partial charge in [0.05, 0.1) is 20.3 Å². The summed E-state index contributed by atoms with van der Waals surface area (Å²) in [6.07, 6.45) is 1.30. The predicted octanol–water partition coefficient (Wildman–Crippen LogP) is 1.71. The van der Waals surface area contributed by atoms with Gasteiger partial charge in [-0.25, -0.2) is 13.2 Å². The zero-order valence-corrected chi connectivity index (χ0v) is 16.0. The van der Waals surface area contributed by atoms with E-state index in [0.717, 1.165) is 11.1 Å². The van der Waals surface area contributed by atoms with E-state index in [0.29, 0.717) is 32.1 Å². The van der Waals surface area contributed by atoms with Gasteiger partial charge in [-0.1, -0.05) is 11.6 Å². The van der Waals surface area contributed by atoms with Crippen LogP contribution < -0.4 is 4.74 Å². The third-order valence-corrected chi connectivity index (χ3v) is 6.16. The largest absolute Gasteiger partial charge is 0.496 e. The molecular weight excluding hydrogens is 372 g/mol. The monoisotopic (exact) mass is 394 g/mol. The standard InChI is InChI=1S/C18H22N2O6S/c1-13-3-4-17(24-2)14(9-13)12-26-18(21)16-10-15(11-19-16)27(22,23)20-5-7-25-8-6-20/h3-4,9-11,19H,5-8,12H2,1-2H3. The fourth-order valence-electron chi connectivity index (χ4n) is 2.82. The van der Waals surface area contributed by atoms with Crippen molar-refractivity contribution in [3.05, 3.63) is 47.3 Å². The number of methoxy groups -OCH3 is 1. The quantitative estimate of drug-likeness (QED) is 0.749. The molecule has 27 heavy (non-hydrogen) atoms. The van der Waals surface area contributed by atoms with Gasteiger partial charge in [0.1, 0.15) is 22.9 Å². The molecule has 1 saturated heterocycles. The molecule has 3 rings (SSSR count). The maximum atomic E-state index is 12.6. The molecule has 1 fully saturated rings. The highest BCUT2D eigenvalue weighted by Crippen LogP contribution is 2.22. The second-order valence-electron chi connectivity index (χ2n) is 6.16. The summed E-state index contributed by atoms with van der Waals surface area (Å²) in [7, 11) is -2.12. The lowest BCUT2D eigenvalue weighted by Gasteiger charge is -2.25. The topological polar surface area (TPSA) is 97.9 Å². The summed E-state index contributed by atoms with van der Waals surface area (Å²) in [4.78, 5) is 15.0. The molecule has 0 aliphatic carbocycles. The van der Waals surface area contributed by atoms with Crippen LogP contribution in [0.1, 0.15) is 21.6 Å². The van der Waals surface area contributed by atoms with Crippen LogP contribution in [-0.2, 0) is 26.1 Å². The average Bonchev–Trinajstić information content (AvgIpc) is 3.18. The number of nitrogens with one attached hydrogen (secondary N) is 1. The number of hydrogen-bond acceptors (Lipinski definition) is 6. The molecule has 8 nitrogen and oxygen atoms in total. The van der Waals surface area contributed by atoms with Crippen molar-refractivity contribution in [1.82, 2.24) is 9.29 Å². The van der Waals surface area contributed by atoms with Crippen LogP contribution in [0.5, 0.6) is 5.75 Å². The number of sulfonamides is 1. The number of carbonyl (C=O) groups excluding carboxylic acids is 1. The molecule has 0 unspecified atom stereocenters.